The molecule has 0 atom stereocenters. The molecule has 182 valence electrons. The molecule has 3 rings (SSSR count). The Morgan fingerprint density at radius 1 is 0.853 bits per heavy atom. The van der Waals surface area contributed by atoms with E-state index in [2.05, 4.69) is 9.82 Å². The number of ether oxygens (including phenoxy) is 3. The zero-order chi connectivity index (χ0) is 24.6. The number of nitrogens with one attached hydrogen (secondary N) is 1. The van der Waals surface area contributed by atoms with E-state index in [4.69, 9.17) is 14.2 Å². The molecule has 2 aromatic carbocycles. The summed E-state index contributed by atoms with van der Waals surface area (Å²) in [5, 5.41) is 4.38. The highest BCUT2D eigenvalue weighted by Crippen LogP contribution is 2.28. The molecule has 0 aliphatic rings. The van der Waals surface area contributed by atoms with Crippen LogP contribution < -0.4 is 24.5 Å². The van der Waals surface area contributed by atoms with Gasteiger partial charge in [0.15, 0.2) is 0 Å². The summed E-state index contributed by atoms with van der Waals surface area (Å²) >= 11 is 0. The fraction of sp³-hybridized carbons (Fsp3) is 0.333. The quantitative estimate of drug-likeness (QED) is 0.418. The topological polar surface area (TPSA) is 109 Å². The van der Waals surface area contributed by atoms with E-state index in [9.17, 15) is 13.2 Å². The highest BCUT2D eigenvalue weighted by atomic mass is 32.2. The summed E-state index contributed by atoms with van der Waals surface area (Å²) in [4.78, 5) is 12.3. The molecule has 0 aliphatic heterocycles. The summed E-state index contributed by atoms with van der Waals surface area (Å²) < 4.78 is 46.0. The molecular formula is C24H29N3O6S. The van der Waals surface area contributed by atoms with E-state index in [1.165, 1.54) is 16.8 Å². The Hall–Kier alpha value is -3.37. The maximum absolute atomic E-state index is 13.0. The maximum atomic E-state index is 13.0. The van der Waals surface area contributed by atoms with Gasteiger partial charge in [-0.1, -0.05) is 0 Å². The van der Waals surface area contributed by atoms with Crippen LogP contribution in [0.4, 0.5) is 0 Å². The van der Waals surface area contributed by atoms with Gasteiger partial charge in [-0.3, -0.25) is 4.79 Å². The van der Waals surface area contributed by atoms with Crippen molar-refractivity contribution in [3.05, 3.63) is 65.0 Å². The minimum atomic E-state index is -3.92. The zero-order valence-electron chi connectivity index (χ0n) is 19.5. The molecule has 1 N–H and O–H groups in total. The maximum Gasteiger partial charge on any atom is 0.266 e. The minimum absolute atomic E-state index is 0.0243. The van der Waals surface area contributed by atoms with E-state index in [-0.39, 0.29) is 29.3 Å². The summed E-state index contributed by atoms with van der Waals surface area (Å²) in [6.45, 7) is 6.80. The van der Waals surface area contributed by atoms with Crippen molar-refractivity contribution in [1.82, 2.24) is 14.5 Å². The summed E-state index contributed by atoms with van der Waals surface area (Å²) in [5.74, 6) is 1.40. The Morgan fingerprint density at radius 2 is 1.50 bits per heavy atom. The van der Waals surface area contributed by atoms with Crippen molar-refractivity contribution in [3.63, 3.8) is 0 Å². The smallest absolute Gasteiger partial charge is 0.266 e. The molecule has 34 heavy (non-hydrogen) atoms. The molecule has 0 saturated carbocycles. The number of nitrogens with zero attached hydrogens (tertiary/aromatic N) is 2. The number of rotatable bonds is 12. The zero-order valence-corrected chi connectivity index (χ0v) is 20.3. The minimum Gasteiger partial charge on any atom is -0.494 e. The SMILES string of the molecule is CCOc1ccc(-c2ccc(=O)n(CCNS(=O)(=O)c3cc(OCC)ccc3OCC)n2)cc1. The van der Waals surface area contributed by atoms with Gasteiger partial charge in [0.2, 0.25) is 10.0 Å². The largest absolute Gasteiger partial charge is 0.494 e. The highest BCUT2D eigenvalue weighted by molar-refractivity contribution is 7.89. The van der Waals surface area contributed by atoms with Crippen molar-refractivity contribution in [1.29, 1.82) is 0 Å². The molecule has 0 bridgehead atoms. The molecular weight excluding hydrogens is 458 g/mol. The predicted octanol–water partition coefficient (Wildman–Crippen LogP) is 3.08. The molecule has 0 amide bonds. The third kappa shape index (κ3) is 6.36. The second-order valence-corrected chi connectivity index (χ2v) is 8.85. The van der Waals surface area contributed by atoms with E-state index in [1.807, 2.05) is 38.1 Å². The molecule has 0 fully saturated rings. The van der Waals surface area contributed by atoms with E-state index in [0.717, 1.165) is 11.3 Å². The number of hydrogen-bond donors (Lipinski definition) is 1. The van der Waals surface area contributed by atoms with Crippen LogP contribution in [0.15, 0.2) is 64.3 Å². The Labute approximate surface area is 199 Å². The molecule has 0 spiro atoms. The van der Waals surface area contributed by atoms with E-state index in [0.29, 0.717) is 31.3 Å². The van der Waals surface area contributed by atoms with Crippen molar-refractivity contribution in [3.8, 4) is 28.5 Å². The van der Waals surface area contributed by atoms with Crippen molar-refractivity contribution in [2.75, 3.05) is 26.4 Å². The third-order valence-corrected chi connectivity index (χ3v) is 6.24. The van der Waals surface area contributed by atoms with E-state index < -0.39 is 10.0 Å². The van der Waals surface area contributed by atoms with E-state index in [1.54, 1.807) is 25.1 Å². The third-order valence-electron chi connectivity index (χ3n) is 4.76. The fourth-order valence-electron chi connectivity index (χ4n) is 3.24. The van der Waals surface area contributed by atoms with Gasteiger partial charge in [0.25, 0.3) is 5.56 Å². The van der Waals surface area contributed by atoms with Gasteiger partial charge < -0.3 is 14.2 Å². The lowest BCUT2D eigenvalue weighted by atomic mass is 10.1. The lowest BCUT2D eigenvalue weighted by Gasteiger charge is -2.14. The monoisotopic (exact) mass is 487 g/mol. The van der Waals surface area contributed by atoms with Crippen LogP contribution in [0.25, 0.3) is 11.3 Å². The number of aromatic nitrogens is 2. The van der Waals surface area contributed by atoms with E-state index >= 15 is 0 Å². The first-order valence-electron chi connectivity index (χ1n) is 11.1. The molecule has 0 saturated heterocycles. The summed E-state index contributed by atoms with van der Waals surface area (Å²) in [6.07, 6.45) is 0. The van der Waals surface area contributed by atoms with Crippen molar-refractivity contribution in [2.24, 2.45) is 0 Å². The lowest BCUT2D eigenvalue weighted by Crippen LogP contribution is -2.32. The van der Waals surface area contributed by atoms with Crippen LogP contribution in [-0.2, 0) is 16.6 Å². The van der Waals surface area contributed by atoms with Crippen LogP contribution in [-0.4, -0.2) is 44.6 Å². The number of sulfonamides is 1. The first kappa shape index (κ1) is 25.3. The first-order chi connectivity index (χ1) is 16.4. The normalized spacial score (nSPS) is 11.3. The molecule has 0 radical (unpaired) electrons. The Bertz CT molecular complexity index is 1260. The number of benzene rings is 2. The molecule has 0 aliphatic carbocycles. The second kappa shape index (κ2) is 11.7. The van der Waals surface area contributed by atoms with Crippen molar-refractivity contribution >= 4 is 10.0 Å². The molecule has 3 aromatic rings. The molecule has 1 aromatic heterocycles. The summed E-state index contributed by atoms with van der Waals surface area (Å²) in [7, 11) is -3.92. The van der Waals surface area contributed by atoms with Gasteiger partial charge in [0.1, 0.15) is 22.1 Å². The van der Waals surface area contributed by atoms with Crippen LogP contribution in [0, 0.1) is 0 Å². The van der Waals surface area contributed by atoms with Gasteiger partial charge in [-0.2, -0.15) is 5.10 Å². The van der Waals surface area contributed by atoms with Crippen LogP contribution in [0.1, 0.15) is 20.8 Å². The van der Waals surface area contributed by atoms with Crippen LogP contribution in [0.2, 0.25) is 0 Å². The lowest BCUT2D eigenvalue weighted by molar-refractivity contribution is 0.322. The Morgan fingerprint density at radius 3 is 2.18 bits per heavy atom. The molecule has 1 heterocycles. The first-order valence-corrected chi connectivity index (χ1v) is 12.6. The van der Waals surface area contributed by atoms with Gasteiger partial charge in [-0.15, -0.1) is 0 Å². The average Bonchev–Trinajstić information content (AvgIpc) is 2.82. The number of hydrogen-bond acceptors (Lipinski definition) is 7. The standard InChI is InChI=1S/C24H29N3O6S/c1-4-31-19-9-7-18(8-10-19)21-12-14-24(28)27(26-21)16-15-25-34(29,30)23-17-20(32-5-2)11-13-22(23)33-6-3/h7-14,17,25H,4-6,15-16H2,1-3H3. The molecule has 10 heteroatoms. The fourth-order valence-corrected chi connectivity index (χ4v) is 4.42. The van der Waals surface area contributed by atoms with Gasteiger partial charge in [0, 0.05) is 24.2 Å². The Balaban J connectivity index is 1.75. The van der Waals surface area contributed by atoms with Crippen molar-refractivity contribution < 1.29 is 22.6 Å². The summed E-state index contributed by atoms with van der Waals surface area (Å²) in [5.41, 5.74) is 1.07. The second-order valence-electron chi connectivity index (χ2n) is 7.11. The highest BCUT2D eigenvalue weighted by Gasteiger charge is 2.21. The summed E-state index contributed by atoms with van der Waals surface area (Å²) in [6, 6.07) is 15.1. The van der Waals surface area contributed by atoms with Crippen LogP contribution >= 0.6 is 0 Å². The predicted molar refractivity (Wildman–Crippen MR) is 129 cm³/mol. The average molecular weight is 488 g/mol. The molecule has 0 unspecified atom stereocenters. The van der Waals surface area contributed by atoms with Gasteiger partial charge in [-0.05, 0) is 63.2 Å². The van der Waals surface area contributed by atoms with Crippen LogP contribution in [0.5, 0.6) is 17.2 Å². The molecule has 9 nitrogen and oxygen atoms in total. The Kier molecular flexibility index (Phi) is 8.67. The van der Waals surface area contributed by atoms with Crippen molar-refractivity contribution in [2.45, 2.75) is 32.2 Å². The van der Waals surface area contributed by atoms with Gasteiger partial charge in [-0.25, -0.2) is 17.8 Å². The van der Waals surface area contributed by atoms with Crippen LogP contribution in [0.3, 0.4) is 0 Å². The van der Waals surface area contributed by atoms with Gasteiger partial charge >= 0.3 is 0 Å². The van der Waals surface area contributed by atoms with Gasteiger partial charge in [0.05, 0.1) is 32.1 Å².